The van der Waals surface area contributed by atoms with Crippen LogP contribution in [0.1, 0.15) is 39.8 Å². The van der Waals surface area contributed by atoms with Crippen LogP contribution in [-0.2, 0) is 20.8 Å². The van der Waals surface area contributed by atoms with Crippen LogP contribution in [0.4, 0.5) is 0 Å². The van der Waals surface area contributed by atoms with E-state index in [2.05, 4.69) is 10.3 Å². The predicted octanol–water partition coefficient (Wildman–Crippen LogP) is 1.95. The maximum absolute atomic E-state index is 12.2. The molecule has 0 saturated carbocycles. The van der Waals surface area contributed by atoms with Crippen LogP contribution in [-0.4, -0.2) is 28.5 Å². The molecule has 5 nitrogen and oxygen atoms in total. The molecule has 1 aromatic heterocycles. The number of Topliss-reactive ketones (excluding diaryl/α,β-unsaturated/α-hetero) is 2. The zero-order valence-corrected chi connectivity index (χ0v) is 13.6. The summed E-state index contributed by atoms with van der Waals surface area (Å²) >= 11 is 0. The second kappa shape index (κ2) is 8.41. The Morgan fingerprint density at radius 2 is 1.77 bits per heavy atom. The Hall–Kier alpha value is -2.04. The Balaban J connectivity index is 2.73. The summed E-state index contributed by atoms with van der Waals surface area (Å²) in [5.41, 5.74) is 0.630. The van der Waals surface area contributed by atoms with Crippen molar-refractivity contribution >= 4 is 17.5 Å². The molecule has 120 valence electrons. The van der Waals surface area contributed by atoms with Gasteiger partial charge < -0.3 is 5.32 Å². The molecule has 1 rings (SSSR count). The van der Waals surface area contributed by atoms with E-state index >= 15 is 0 Å². The molecule has 0 saturated heterocycles. The minimum atomic E-state index is -0.758. The molecule has 0 aliphatic rings. The fourth-order valence-electron chi connectivity index (χ4n) is 1.97. The molecule has 0 fully saturated rings. The third-order valence-corrected chi connectivity index (χ3v) is 3.36. The fraction of sp³-hybridized carbons (Fsp3) is 0.529. The van der Waals surface area contributed by atoms with Gasteiger partial charge in [0, 0.05) is 30.1 Å². The summed E-state index contributed by atoms with van der Waals surface area (Å²) in [6.45, 7) is 7.10. The lowest BCUT2D eigenvalue weighted by Crippen LogP contribution is -2.45. The van der Waals surface area contributed by atoms with Gasteiger partial charge >= 0.3 is 0 Å². The molecule has 0 spiro atoms. The number of carbonyl (C=O) groups excluding carboxylic acids is 3. The van der Waals surface area contributed by atoms with E-state index in [-0.39, 0.29) is 42.2 Å². The van der Waals surface area contributed by atoms with Crippen molar-refractivity contribution in [3.8, 4) is 0 Å². The smallest absolute Gasteiger partial charge is 0.226 e. The Kier molecular flexibility index (Phi) is 6.89. The number of amides is 1. The van der Waals surface area contributed by atoms with Crippen molar-refractivity contribution in [2.24, 2.45) is 11.8 Å². The van der Waals surface area contributed by atoms with Gasteiger partial charge in [0.15, 0.2) is 5.78 Å². The summed E-state index contributed by atoms with van der Waals surface area (Å²) in [5.74, 6) is -0.843. The van der Waals surface area contributed by atoms with E-state index in [0.717, 1.165) is 0 Å². The molecular formula is C17H24N2O3. The Morgan fingerprint density at radius 3 is 2.27 bits per heavy atom. The molecule has 0 aliphatic heterocycles. The molecule has 0 aromatic carbocycles. The highest BCUT2D eigenvalue weighted by molar-refractivity contribution is 5.95. The predicted molar refractivity (Wildman–Crippen MR) is 84.2 cm³/mol. The molecule has 22 heavy (non-hydrogen) atoms. The maximum Gasteiger partial charge on any atom is 0.226 e. The van der Waals surface area contributed by atoms with Crippen LogP contribution >= 0.6 is 0 Å². The third-order valence-electron chi connectivity index (χ3n) is 3.36. The first kappa shape index (κ1) is 18.0. The Labute approximate surface area is 131 Å². The molecular weight excluding hydrogens is 280 g/mol. The van der Waals surface area contributed by atoms with Crippen LogP contribution in [0, 0.1) is 11.8 Å². The van der Waals surface area contributed by atoms with Crippen molar-refractivity contribution in [3.05, 3.63) is 30.1 Å². The minimum Gasteiger partial charge on any atom is -0.345 e. The zero-order valence-electron chi connectivity index (χ0n) is 13.6. The number of ketones is 2. The summed E-state index contributed by atoms with van der Waals surface area (Å²) in [5, 5.41) is 2.68. The van der Waals surface area contributed by atoms with Crippen molar-refractivity contribution in [1.82, 2.24) is 10.3 Å². The Bertz CT molecular complexity index is 524. The number of pyridine rings is 1. The van der Waals surface area contributed by atoms with Gasteiger partial charge in [0.2, 0.25) is 5.91 Å². The number of nitrogens with zero attached hydrogens (tertiary/aromatic N) is 1. The average Bonchev–Trinajstić information content (AvgIpc) is 2.46. The van der Waals surface area contributed by atoms with Crippen molar-refractivity contribution in [2.45, 2.75) is 46.6 Å². The van der Waals surface area contributed by atoms with Gasteiger partial charge in [-0.3, -0.25) is 19.4 Å². The molecule has 1 N–H and O–H groups in total. The normalized spacial score (nSPS) is 12.3. The van der Waals surface area contributed by atoms with Crippen LogP contribution in [0.25, 0.3) is 0 Å². The van der Waals surface area contributed by atoms with Gasteiger partial charge in [-0.25, -0.2) is 0 Å². The van der Waals surface area contributed by atoms with Gasteiger partial charge in [0.1, 0.15) is 5.78 Å². The van der Waals surface area contributed by atoms with Gasteiger partial charge in [-0.15, -0.1) is 0 Å². The van der Waals surface area contributed by atoms with Crippen LogP contribution < -0.4 is 5.32 Å². The van der Waals surface area contributed by atoms with E-state index in [0.29, 0.717) is 5.69 Å². The third kappa shape index (κ3) is 5.76. The molecule has 1 amide bonds. The summed E-state index contributed by atoms with van der Waals surface area (Å²) in [4.78, 5) is 40.3. The summed E-state index contributed by atoms with van der Waals surface area (Å²) < 4.78 is 0. The lowest BCUT2D eigenvalue weighted by molar-refractivity contribution is -0.132. The van der Waals surface area contributed by atoms with Gasteiger partial charge in [-0.2, -0.15) is 0 Å². The van der Waals surface area contributed by atoms with Gasteiger partial charge in [0.25, 0.3) is 0 Å². The Morgan fingerprint density at radius 1 is 1.09 bits per heavy atom. The monoisotopic (exact) mass is 304 g/mol. The molecule has 5 heteroatoms. The lowest BCUT2D eigenvalue weighted by Gasteiger charge is -2.20. The highest BCUT2D eigenvalue weighted by Gasteiger charge is 2.26. The number of carbonyl (C=O) groups is 3. The van der Waals surface area contributed by atoms with Crippen molar-refractivity contribution in [2.75, 3.05) is 0 Å². The minimum absolute atomic E-state index is 0.0304. The van der Waals surface area contributed by atoms with Crippen molar-refractivity contribution < 1.29 is 14.4 Å². The summed E-state index contributed by atoms with van der Waals surface area (Å²) in [6.07, 6.45) is 1.75. The second-order valence-corrected chi connectivity index (χ2v) is 6.00. The average molecular weight is 304 g/mol. The number of rotatable bonds is 8. The molecule has 1 atom stereocenters. The number of nitrogens with one attached hydrogen (secondary N) is 1. The first-order valence-electron chi connectivity index (χ1n) is 7.57. The number of aromatic nitrogens is 1. The standard InChI is InChI=1S/C17H24N2O3/c1-11(2)15(20)10-14(17(22)12(3)4)19-16(21)9-13-7-5-6-8-18-13/h5-8,11-12,14H,9-10H2,1-4H3,(H,19,21). The van der Waals surface area contributed by atoms with E-state index in [1.807, 2.05) is 0 Å². The van der Waals surface area contributed by atoms with Crippen molar-refractivity contribution in [3.63, 3.8) is 0 Å². The van der Waals surface area contributed by atoms with Gasteiger partial charge in [0.05, 0.1) is 12.5 Å². The highest BCUT2D eigenvalue weighted by atomic mass is 16.2. The molecule has 0 bridgehead atoms. The first-order valence-corrected chi connectivity index (χ1v) is 7.57. The first-order chi connectivity index (χ1) is 10.3. The lowest BCUT2D eigenvalue weighted by atomic mass is 9.94. The van der Waals surface area contributed by atoms with Crippen LogP contribution in [0.15, 0.2) is 24.4 Å². The van der Waals surface area contributed by atoms with Crippen LogP contribution in [0.5, 0.6) is 0 Å². The summed E-state index contributed by atoms with van der Waals surface area (Å²) in [6, 6.07) is 4.56. The quantitative estimate of drug-likeness (QED) is 0.796. The highest BCUT2D eigenvalue weighted by Crippen LogP contribution is 2.09. The SMILES string of the molecule is CC(C)C(=O)CC(NC(=O)Cc1ccccn1)C(=O)C(C)C. The van der Waals surface area contributed by atoms with Crippen LogP contribution in [0.2, 0.25) is 0 Å². The molecule has 1 aromatic rings. The molecule has 1 unspecified atom stereocenters. The fourth-order valence-corrected chi connectivity index (χ4v) is 1.97. The van der Waals surface area contributed by atoms with E-state index in [4.69, 9.17) is 0 Å². The zero-order chi connectivity index (χ0) is 16.7. The van der Waals surface area contributed by atoms with E-state index < -0.39 is 6.04 Å². The molecule has 0 aliphatic carbocycles. The van der Waals surface area contributed by atoms with Gasteiger partial charge in [-0.05, 0) is 12.1 Å². The van der Waals surface area contributed by atoms with Gasteiger partial charge in [-0.1, -0.05) is 33.8 Å². The maximum atomic E-state index is 12.2. The summed E-state index contributed by atoms with van der Waals surface area (Å²) in [7, 11) is 0. The largest absolute Gasteiger partial charge is 0.345 e. The molecule has 1 heterocycles. The number of hydrogen-bond donors (Lipinski definition) is 1. The topological polar surface area (TPSA) is 76.1 Å². The molecule has 0 radical (unpaired) electrons. The van der Waals surface area contributed by atoms with E-state index in [1.54, 1.807) is 52.1 Å². The van der Waals surface area contributed by atoms with E-state index in [9.17, 15) is 14.4 Å². The van der Waals surface area contributed by atoms with Crippen molar-refractivity contribution in [1.29, 1.82) is 0 Å². The van der Waals surface area contributed by atoms with Crippen LogP contribution in [0.3, 0.4) is 0 Å². The number of hydrogen-bond acceptors (Lipinski definition) is 4. The van der Waals surface area contributed by atoms with E-state index in [1.165, 1.54) is 0 Å². The second-order valence-electron chi connectivity index (χ2n) is 6.00.